The van der Waals surface area contributed by atoms with Gasteiger partial charge in [-0.05, 0) is 172 Å². The van der Waals surface area contributed by atoms with Crippen LogP contribution in [0.4, 0.5) is 35.0 Å². The van der Waals surface area contributed by atoms with Gasteiger partial charge >= 0.3 is 11.5 Å². The van der Waals surface area contributed by atoms with Crippen molar-refractivity contribution in [2.45, 2.75) is 84.5 Å². The van der Waals surface area contributed by atoms with Gasteiger partial charge in [-0.1, -0.05) is 54.4 Å². The minimum atomic E-state index is -6.10. The number of carbonyl (C=O) groups is 4. The number of amides is 5. The molecule has 5 aliphatic heterocycles. The van der Waals surface area contributed by atoms with Crippen molar-refractivity contribution in [1.29, 1.82) is 0 Å². The molecule has 5 aromatic rings. The Balaban J connectivity index is 0.666. The molecule has 95 heavy (non-hydrogen) atoms. The second-order valence-corrected chi connectivity index (χ2v) is 31.2. The summed E-state index contributed by atoms with van der Waals surface area (Å²) >= 11 is 7.84. The van der Waals surface area contributed by atoms with E-state index in [-0.39, 0.29) is 29.2 Å². The van der Waals surface area contributed by atoms with Crippen molar-refractivity contribution in [2.24, 2.45) is 11.3 Å². The number of rotatable bonds is 22. The van der Waals surface area contributed by atoms with Gasteiger partial charge in [-0.2, -0.15) is 13.2 Å². The highest BCUT2D eigenvalue weighted by Gasteiger charge is 2.49. The summed E-state index contributed by atoms with van der Waals surface area (Å²) in [5.74, 6) is -0.408. The van der Waals surface area contributed by atoms with E-state index in [2.05, 4.69) is 54.2 Å². The average Bonchev–Trinajstić information content (AvgIpc) is 0.937. The molecule has 1 aliphatic carbocycles. The second kappa shape index (κ2) is 30.9. The number of sulfonamides is 1. The maximum absolute atomic E-state index is 14.4. The molecule has 0 aromatic heterocycles. The summed E-state index contributed by atoms with van der Waals surface area (Å²) in [6.45, 7) is 16.7. The topological polar surface area (TPSA) is 205 Å². The van der Waals surface area contributed by atoms with Gasteiger partial charge in [0.05, 0.1) is 17.2 Å². The third kappa shape index (κ3) is 18.0. The maximum Gasteiger partial charge on any atom is 0.501 e. The van der Waals surface area contributed by atoms with Crippen LogP contribution in [0.2, 0.25) is 5.02 Å². The molecular formula is C69H84ClF3N10O9S3. The van der Waals surface area contributed by atoms with Crippen LogP contribution < -0.4 is 25.2 Å². The molecule has 0 unspecified atom stereocenters. The smallest absolute Gasteiger partial charge is 0.380 e. The summed E-state index contributed by atoms with van der Waals surface area (Å²) in [7, 11) is -11.0. The molecule has 5 heterocycles. The standard InChI is InChI=1S/C69H84ClF3N10O9S3/c1-68(49-80-29-23-50(24-30-80)46-78-35-39-82(40-36-78)66(86)53-12-18-58(19-13-53)83-32-26-64(84)75-67(83)87)27-22-61(51-8-14-55(70)15-9-51)54(45-68)47-79-33-37-81(38-34-79)57-16-10-52(11-17-57)65(85)76-95(90,91)60-20-21-62(63(44-60)94(88,89)69(71,72)73)74-56(48-93-59-6-3-2-4-7-59)25-31-77-28-5-42-92-43-41-77/h2-4,6-21,44,50,56,74H,5,22-43,45-49H2,1H3,(H,76,85)(H,75,84,87)/t56-,68-/m1/s1. The molecule has 0 bridgehead atoms. The normalized spacial score (nSPS) is 20.9. The zero-order chi connectivity index (χ0) is 66.9. The van der Waals surface area contributed by atoms with Gasteiger partial charge in [0.1, 0.15) is 4.90 Å². The number of urea groups is 1. The number of thioether (sulfide) groups is 1. The number of alkyl halides is 3. The lowest BCUT2D eigenvalue weighted by molar-refractivity contribution is -0.120. The van der Waals surface area contributed by atoms with Crippen molar-refractivity contribution in [3.63, 3.8) is 0 Å². The number of hydrogen-bond donors (Lipinski definition) is 3. The Morgan fingerprint density at radius 3 is 2.12 bits per heavy atom. The molecule has 5 fully saturated rings. The average molecular weight is 1390 g/mol. The number of imide groups is 1. The van der Waals surface area contributed by atoms with Gasteiger partial charge in [0.2, 0.25) is 5.91 Å². The van der Waals surface area contributed by atoms with E-state index in [9.17, 15) is 49.2 Å². The molecule has 5 amide bonds. The van der Waals surface area contributed by atoms with E-state index in [0.29, 0.717) is 99.5 Å². The van der Waals surface area contributed by atoms with Crippen molar-refractivity contribution < 1.29 is 53.9 Å². The fraction of sp³-hybridized carbons (Fsp3) is 0.478. The molecular weight excluding hydrogens is 1300 g/mol. The first kappa shape index (κ1) is 69.8. The molecule has 0 saturated carbocycles. The molecule has 5 aromatic carbocycles. The number of carbonyl (C=O) groups excluding carboxylic acids is 4. The summed E-state index contributed by atoms with van der Waals surface area (Å²) in [5.41, 5.74) is -0.0562. The van der Waals surface area contributed by atoms with Crippen molar-refractivity contribution in [2.75, 3.05) is 145 Å². The van der Waals surface area contributed by atoms with Crippen LogP contribution in [0.25, 0.3) is 5.57 Å². The van der Waals surface area contributed by atoms with Crippen LogP contribution in [0.1, 0.15) is 84.6 Å². The highest BCUT2D eigenvalue weighted by molar-refractivity contribution is 7.99. The summed E-state index contributed by atoms with van der Waals surface area (Å²) in [4.78, 5) is 65.3. The number of benzene rings is 5. The first-order valence-corrected chi connectivity index (χ1v) is 37.1. The summed E-state index contributed by atoms with van der Waals surface area (Å²) in [6, 6.07) is 32.5. The van der Waals surface area contributed by atoms with Crippen LogP contribution in [-0.4, -0.2) is 207 Å². The van der Waals surface area contributed by atoms with E-state index in [1.54, 1.807) is 36.4 Å². The number of hydrogen-bond acceptors (Lipinski definition) is 16. The minimum Gasteiger partial charge on any atom is -0.380 e. The first-order valence-electron chi connectivity index (χ1n) is 32.8. The molecule has 0 radical (unpaired) electrons. The largest absolute Gasteiger partial charge is 0.501 e. The zero-order valence-electron chi connectivity index (χ0n) is 53.5. The number of likely N-dealkylation sites (tertiary alicyclic amines) is 1. The molecule has 26 heteroatoms. The number of piperazine rings is 2. The fourth-order valence-corrected chi connectivity index (χ4v) is 17.0. The number of ether oxygens (including phenoxy) is 1. The van der Waals surface area contributed by atoms with E-state index >= 15 is 0 Å². The van der Waals surface area contributed by atoms with Crippen molar-refractivity contribution in [1.82, 2.24) is 34.5 Å². The number of allylic oxidation sites excluding steroid dienone is 1. The van der Waals surface area contributed by atoms with Crippen LogP contribution in [0.15, 0.2) is 142 Å². The van der Waals surface area contributed by atoms with Gasteiger partial charge in [0.25, 0.3) is 31.7 Å². The predicted octanol–water partition coefficient (Wildman–Crippen LogP) is 9.82. The Labute approximate surface area is 564 Å². The SMILES string of the molecule is C[C@@]1(CN2CCC(CN3CCN(C(=O)c4ccc(N5CCC(=O)NC5=O)cc4)CC3)CC2)CCC(c2ccc(Cl)cc2)=C(CN2CCN(c3ccc(C(=O)NS(=O)(=O)c4ccc(N[C@H](CCN5CCCOCC5)CSc5ccccc5)c(S(=O)(=O)C(F)(F)F)c4)cc3)CC2)C1. The van der Waals surface area contributed by atoms with E-state index in [0.717, 1.165) is 127 Å². The fourth-order valence-electron chi connectivity index (χ4n) is 13.9. The Kier molecular flexibility index (Phi) is 22.7. The van der Waals surface area contributed by atoms with Crippen LogP contribution in [-0.2, 0) is 29.4 Å². The quantitative estimate of drug-likeness (QED) is 0.0552. The Morgan fingerprint density at radius 2 is 1.42 bits per heavy atom. The van der Waals surface area contributed by atoms with Crippen LogP contribution in [0, 0.1) is 11.3 Å². The van der Waals surface area contributed by atoms with Crippen LogP contribution in [0.5, 0.6) is 0 Å². The van der Waals surface area contributed by atoms with Crippen LogP contribution in [0.3, 0.4) is 0 Å². The Hall–Kier alpha value is -6.55. The monoisotopic (exact) mass is 1380 g/mol. The highest BCUT2D eigenvalue weighted by Crippen LogP contribution is 2.45. The van der Waals surface area contributed by atoms with Gasteiger partial charge in [-0.15, -0.1) is 11.8 Å². The van der Waals surface area contributed by atoms with Crippen molar-refractivity contribution in [3.8, 4) is 0 Å². The molecule has 6 aliphatic rings. The molecule has 19 nitrogen and oxygen atoms in total. The summed E-state index contributed by atoms with van der Waals surface area (Å²) in [5, 5.41) is 6.06. The van der Waals surface area contributed by atoms with E-state index < -0.39 is 58.8 Å². The first-order chi connectivity index (χ1) is 45.5. The van der Waals surface area contributed by atoms with E-state index in [1.165, 1.54) is 45.5 Å². The van der Waals surface area contributed by atoms with E-state index in [1.807, 2.05) is 52.1 Å². The highest BCUT2D eigenvalue weighted by atomic mass is 35.5. The lowest BCUT2D eigenvalue weighted by Crippen LogP contribution is -2.51. The maximum atomic E-state index is 14.4. The molecule has 11 rings (SSSR count). The number of halogens is 4. The predicted molar refractivity (Wildman–Crippen MR) is 364 cm³/mol. The molecule has 3 N–H and O–H groups in total. The minimum absolute atomic E-state index is 0.0189. The molecule has 2 atom stereocenters. The van der Waals surface area contributed by atoms with Gasteiger partial charge < -0.3 is 29.7 Å². The molecule has 5 saturated heterocycles. The van der Waals surface area contributed by atoms with Crippen molar-refractivity contribution >= 4 is 89.6 Å². The van der Waals surface area contributed by atoms with Gasteiger partial charge in [0.15, 0.2) is 0 Å². The van der Waals surface area contributed by atoms with Crippen molar-refractivity contribution in [3.05, 3.63) is 149 Å². The molecule has 0 spiro atoms. The van der Waals surface area contributed by atoms with Gasteiger partial charge in [-0.25, -0.2) is 26.4 Å². The summed E-state index contributed by atoms with van der Waals surface area (Å²) < 4.78 is 105. The van der Waals surface area contributed by atoms with Gasteiger partial charge in [-0.3, -0.25) is 34.4 Å². The number of nitrogens with zero attached hydrogens (tertiary/aromatic N) is 7. The van der Waals surface area contributed by atoms with E-state index in [4.69, 9.17) is 16.3 Å². The lowest BCUT2D eigenvalue weighted by atomic mass is 9.71. The summed E-state index contributed by atoms with van der Waals surface area (Å²) in [6.07, 6.45) is 6.72. The Morgan fingerprint density at radius 1 is 0.737 bits per heavy atom. The Bertz CT molecular complexity index is 3770. The third-order valence-corrected chi connectivity index (χ3v) is 23.5. The number of piperidine rings is 1. The number of nitrogens with one attached hydrogen (secondary N) is 3. The third-order valence-electron chi connectivity index (χ3n) is 19.2. The molecule has 510 valence electrons. The zero-order valence-corrected chi connectivity index (χ0v) is 56.7. The second-order valence-electron chi connectivity index (χ2n) is 26.1. The van der Waals surface area contributed by atoms with Gasteiger partial charge in [0, 0.05) is 155 Å². The number of anilines is 3. The lowest BCUT2D eigenvalue weighted by Gasteiger charge is -2.44. The number of sulfone groups is 1. The van der Waals surface area contributed by atoms with Crippen LogP contribution >= 0.6 is 23.4 Å².